The minimum atomic E-state index is -3.14. The van der Waals surface area contributed by atoms with E-state index >= 15 is 0 Å². The van der Waals surface area contributed by atoms with E-state index in [1.54, 1.807) is 13.8 Å². The van der Waals surface area contributed by atoms with Crippen LogP contribution in [0.2, 0.25) is 0 Å². The van der Waals surface area contributed by atoms with E-state index in [4.69, 9.17) is 32.7 Å². The van der Waals surface area contributed by atoms with Crippen LogP contribution in [-0.4, -0.2) is 68.1 Å². The first kappa shape index (κ1) is 21.7. The largest absolute Gasteiger partial charge is 0.367 e. The molecule has 0 spiro atoms. The molecule has 0 N–H and O–H groups in total. The van der Waals surface area contributed by atoms with Gasteiger partial charge in [-0.05, 0) is 48.0 Å². The van der Waals surface area contributed by atoms with Crippen molar-refractivity contribution in [3.8, 4) is 0 Å². The third-order valence-electron chi connectivity index (χ3n) is 4.92. The van der Waals surface area contributed by atoms with Crippen molar-refractivity contribution in [3.05, 3.63) is 0 Å². The van der Waals surface area contributed by atoms with Crippen LogP contribution in [0.15, 0.2) is 0 Å². The SMILES string of the molecule is CCOP(=O)(CC[C@H]1O[C@H]([C@H]2COC(C)(C)O2)[C@@H]2OC(C)(C)O[C@@H]21)OCC. The predicted octanol–water partition coefficient (Wildman–Crippen LogP) is 3.08. The van der Waals surface area contributed by atoms with E-state index in [9.17, 15) is 4.57 Å². The fourth-order valence-corrected chi connectivity index (χ4v) is 5.66. The van der Waals surface area contributed by atoms with Gasteiger partial charge in [0.25, 0.3) is 0 Å². The lowest BCUT2D eigenvalue weighted by Crippen LogP contribution is -2.40. The summed E-state index contributed by atoms with van der Waals surface area (Å²) < 4.78 is 53.7. The zero-order chi connectivity index (χ0) is 19.9. The third-order valence-corrected chi connectivity index (χ3v) is 7.03. The van der Waals surface area contributed by atoms with Gasteiger partial charge >= 0.3 is 7.60 Å². The lowest BCUT2D eigenvalue weighted by molar-refractivity contribution is -0.206. The van der Waals surface area contributed by atoms with Crippen LogP contribution in [0, 0.1) is 0 Å². The quantitative estimate of drug-likeness (QED) is 0.567. The van der Waals surface area contributed by atoms with Gasteiger partial charge in [-0.2, -0.15) is 0 Å². The maximum atomic E-state index is 12.8. The number of hydrogen-bond acceptors (Lipinski definition) is 8. The van der Waals surface area contributed by atoms with Gasteiger partial charge in [0.2, 0.25) is 0 Å². The molecule has 158 valence electrons. The highest BCUT2D eigenvalue weighted by Gasteiger charge is 2.58. The average molecular weight is 408 g/mol. The minimum absolute atomic E-state index is 0.236. The molecule has 3 saturated heterocycles. The van der Waals surface area contributed by atoms with Gasteiger partial charge in [0.15, 0.2) is 11.6 Å². The van der Waals surface area contributed by atoms with E-state index in [1.165, 1.54) is 0 Å². The molecule has 3 aliphatic heterocycles. The molecule has 0 aromatic heterocycles. The van der Waals surface area contributed by atoms with Crippen molar-refractivity contribution in [2.45, 2.75) is 90.1 Å². The zero-order valence-electron chi connectivity index (χ0n) is 17.1. The van der Waals surface area contributed by atoms with Crippen LogP contribution in [0.1, 0.15) is 48.0 Å². The highest BCUT2D eigenvalue weighted by atomic mass is 31.2. The number of rotatable bonds is 8. The molecule has 3 rings (SSSR count). The Balaban J connectivity index is 1.69. The van der Waals surface area contributed by atoms with E-state index in [-0.39, 0.29) is 36.7 Å². The zero-order valence-corrected chi connectivity index (χ0v) is 18.0. The molecule has 5 atom stereocenters. The van der Waals surface area contributed by atoms with Crippen LogP contribution in [0.3, 0.4) is 0 Å². The minimum Gasteiger partial charge on any atom is -0.367 e. The summed E-state index contributed by atoms with van der Waals surface area (Å²) in [6, 6.07) is 0. The van der Waals surface area contributed by atoms with E-state index < -0.39 is 19.2 Å². The normalized spacial score (nSPS) is 37.6. The molecule has 0 aliphatic carbocycles. The van der Waals surface area contributed by atoms with Crippen LogP contribution in [0.4, 0.5) is 0 Å². The Morgan fingerprint density at radius 3 is 2.11 bits per heavy atom. The molecule has 0 amide bonds. The fraction of sp³-hybridized carbons (Fsp3) is 1.00. The fourth-order valence-electron chi connectivity index (χ4n) is 3.97. The summed E-state index contributed by atoms with van der Waals surface area (Å²) in [5.74, 6) is -1.34. The van der Waals surface area contributed by atoms with E-state index in [1.807, 2.05) is 27.7 Å². The summed E-state index contributed by atoms with van der Waals surface area (Å²) in [6.07, 6.45) is -0.566. The molecule has 3 heterocycles. The maximum absolute atomic E-state index is 12.8. The second-order valence-electron chi connectivity index (χ2n) is 8.03. The number of hydrogen-bond donors (Lipinski definition) is 0. The summed E-state index contributed by atoms with van der Waals surface area (Å²) in [7, 11) is -3.14. The molecule has 0 aromatic carbocycles. The third kappa shape index (κ3) is 4.93. The Morgan fingerprint density at radius 1 is 0.926 bits per heavy atom. The van der Waals surface area contributed by atoms with E-state index in [2.05, 4.69) is 0 Å². The van der Waals surface area contributed by atoms with Crippen molar-refractivity contribution in [1.82, 2.24) is 0 Å². The molecule has 0 bridgehead atoms. The first-order chi connectivity index (χ1) is 12.6. The molecule has 0 saturated carbocycles. The Kier molecular flexibility index (Phi) is 6.41. The second kappa shape index (κ2) is 8.00. The lowest BCUT2D eigenvalue weighted by Gasteiger charge is -2.27. The van der Waals surface area contributed by atoms with Gasteiger partial charge < -0.3 is 32.7 Å². The summed E-state index contributed by atoms with van der Waals surface area (Å²) >= 11 is 0. The van der Waals surface area contributed by atoms with E-state index in [0.29, 0.717) is 26.2 Å². The van der Waals surface area contributed by atoms with Crippen molar-refractivity contribution in [1.29, 1.82) is 0 Å². The van der Waals surface area contributed by atoms with Crippen LogP contribution < -0.4 is 0 Å². The number of ether oxygens (including phenoxy) is 5. The van der Waals surface area contributed by atoms with Gasteiger partial charge in [0.1, 0.15) is 24.4 Å². The predicted molar refractivity (Wildman–Crippen MR) is 97.7 cm³/mol. The van der Waals surface area contributed by atoms with Crippen LogP contribution in [-0.2, 0) is 37.3 Å². The summed E-state index contributed by atoms with van der Waals surface area (Å²) in [5, 5.41) is 0. The molecule has 8 nitrogen and oxygen atoms in total. The Labute approximate surface area is 161 Å². The molecule has 0 unspecified atom stereocenters. The molecule has 27 heavy (non-hydrogen) atoms. The first-order valence-corrected chi connectivity index (χ1v) is 11.5. The van der Waals surface area contributed by atoms with Gasteiger partial charge in [-0.15, -0.1) is 0 Å². The van der Waals surface area contributed by atoms with Crippen LogP contribution in [0.5, 0.6) is 0 Å². The summed E-state index contributed by atoms with van der Waals surface area (Å²) in [4.78, 5) is 0. The summed E-state index contributed by atoms with van der Waals surface area (Å²) in [5.41, 5.74) is 0. The van der Waals surface area contributed by atoms with Gasteiger partial charge in [-0.3, -0.25) is 4.57 Å². The van der Waals surface area contributed by atoms with Crippen molar-refractivity contribution < 1.29 is 37.3 Å². The smallest absolute Gasteiger partial charge is 0.330 e. The molecular formula is C18H33O8P. The Bertz CT molecular complexity index is 556. The topological polar surface area (TPSA) is 81.7 Å². The highest BCUT2D eigenvalue weighted by molar-refractivity contribution is 7.53. The van der Waals surface area contributed by atoms with Crippen molar-refractivity contribution in [2.24, 2.45) is 0 Å². The van der Waals surface area contributed by atoms with Gasteiger partial charge in [-0.25, -0.2) is 0 Å². The van der Waals surface area contributed by atoms with Gasteiger partial charge in [0.05, 0.1) is 32.1 Å². The first-order valence-electron chi connectivity index (χ1n) is 9.79. The van der Waals surface area contributed by atoms with Crippen LogP contribution >= 0.6 is 7.60 Å². The highest BCUT2D eigenvalue weighted by Crippen LogP contribution is 2.50. The molecule has 3 aliphatic rings. The van der Waals surface area contributed by atoms with Gasteiger partial charge in [-0.1, -0.05) is 0 Å². The second-order valence-corrected chi connectivity index (χ2v) is 10.2. The average Bonchev–Trinajstić information content (AvgIpc) is 3.16. The molecule has 3 fully saturated rings. The Morgan fingerprint density at radius 2 is 1.56 bits per heavy atom. The summed E-state index contributed by atoms with van der Waals surface area (Å²) in [6.45, 7) is 12.3. The lowest BCUT2D eigenvalue weighted by atomic mass is 10.0. The van der Waals surface area contributed by atoms with Crippen molar-refractivity contribution >= 4 is 7.60 Å². The van der Waals surface area contributed by atoms with E-state index in [0.717, 1.165) is 0 Å². The monoisotopic (exact) mass is 408 g/mol. The standard InChI is InChI=1S/C18H33O8P/c1-7-21-27(19,22-8-2)10-9-12-15-16(26-18(5,6)25-15)14(23-12)13-11-20-17(3,4)24-13/h12-16H,7-11H2,1-6H3/t12-,13-,14-,15-,16+/m1/s1. The number of fused-ring (bicyclic) bond motifs is 1. The maximum Gasteiger partial charge on any atom is 0.330 e. The Hall–Kier alpha value is -0.0500. The van der Waals surface area contributed by atoms with Crippen molar-refractivity contribution in [2.75, 3.05) is 26.0 Å². The molecule has 0 radical (unpaired) electrons. The molecular weight excluding hydrogens is 375 g/mol. The van der Waals surface area contributed by atoms with Gasteiger partial charge in [0, 0.05) is 0 Å². The van der Waals surface area contributed by atoms with Crippen LogP contribution in [0.25, 0.3) is 0 Å². The van der Waals surface area contributed by atoms with Crippen molar-refractivity contribution in [3.63, 3.8) is 0 Å². The molecule has 9 heteroatoms. The molecule has 0 aromatic rings.